The Kier molecular flexibility index (Phi) is 2.98. The Morgan fingerprint density at radius 1 is 1.64 bits per heavy atom. The SMILES string of the molecule is Cl.ClCC1=CSC2=NC3COC[C@@H]3N12. The molecule has 3 aliphatic heterocycles. The minimum Gasteiger partial charge on any atom is -0.377 e. The van der Waals surface area contributed by atoms with Crippen LogP contribution in [0.3, 0.4) is 0 Å². The zero-order valence-electron chi connectivity index (χ0n) is 7.35. The van der Waals surface area contributed by atoms with Crippen molar-refractivity contribution in [2.45, 2.75) is 12.1 Å². The van der Waals surface area contributed by atoms with Crippen LogP contribution in [0.15, 0.2) is 16.1 Å². The molecule has 0 aliphatic carbocycles. The Bertz CT molecular complexity index is 308. The summed E-state index contributed by atoms with van der Waals surface area (Å²) in [5.41, 5.74) is 1.17. The molecule has 6 heteroatoms. The Balaban J connectivity index is 0.000000750. The first-order valence-corrected chi connectivity index (χ1v) is 5.68. The number of allylic oxidation sites excluding steroid dienone is 1. The van der Waals surface area contributed by atoms with E-state index >= 15 is 0 Å². The van der Waals surface area contributed by atoms with Crippen LogP contribution in [-0.2, 0) is 4.74 Å². The highest BCUT2D eigenvalue weighted by molar-refractivity contribution is 8.16. The number of ether oxygens (including phenoxy) is 1. The van der Waals surface area contributed by atoms with Gasteiger partial charge >= 0.3 is 0 Å². The minimum atomic E-state index is 0. The second-order valence-corrected chi connectivity index (χ2v) is 4.42. The van der Waals surface area contributed by atoms with Crippen molar-refractivity contribution < 1.29 is 4.74 Å². The van der Waals surface area contributed by atoms with Crippen LogP contribution >= 0.6 is 35.8 Å². The van der Waals surface area contributed by atoms with Crippen LogP contribution in [0, 0.1) is 0 Å². The van der Waals surface area contributed by atoms with Crippen LogP contribution in [0.1, 0.15) is 0 Å². The normalized spacial score (nSPS) is 33.4. The molecular weight excluding hydrogens is 243 g/mol. The van der Waals surface area contributed by atoms with E-state index in [4.69, 9.17) is 16.3 Å². The van der Waals surface area contributed by atoms with Gasteiger partial charge in [-0.25, -0.2) is 0 Å². The number of aliphatic imine (C=N–C) groups is 1. The van der Waals surface area contributed by atoms with Gasteiger partial charge in [0, 0.05) is 5.70 Å². The van der Waals surface area contributed by atoms with Crippen molar-refractivity contribution >= 4 is 40.9 Å². The zero-order valence-corrected chi connectivity index (χ0v) is 9.74. The van der Waals surface area contributed by atoms with E-state index in [1.807, 2.05) is 0 Å². The van der Waals surface area contributed by atoms with Gasteiger partial charge in [-0.3, -0.25) is 4.99 Å². The molecule has 0 radical (unpaired) electrons. The summed E-state index contributed by atoms with van der Waals surface area (Å²) < 4.78 is 5.38. The Morgan fingerprint density at radius 3 is 3.29 bits per heavy atom. The van der Waals surface area contributed by atoms with Gasteiger partial charge in [0.25, 0.3) is 0 Å². The molecule has 3 rings (SSSR count). The summed E-state index contributed by atoms with van der Waals surface area (Å²) in [7, 11) is 0. The third-order valence-corrected chi connectivity index (χ3v) is 3.76. The van der Waals surface area contributed by atoms with E-state index in [0.717, 1.165) is 18.4 Å². The summed E-state index contributed by atoms with van der Waals surface area (Å²) in [6.07, 6.45) is 0. The molecule has 0 spiro atoms. The first-order valence-electron chi connectivity index (χ1n) is 4.26. The summed E-state index contributed by atoms with van der Waals surface area (Å²) in [5.74, 6) is 0.565. The maximum absolute atomic E-state index is 5.85. The van der Waals surface area contributed by atoms with E-state index in [1.54, 1.807) is 11.8 Å². The molecule has 0 N–H and O–H groups in total. The van der Waals surface area contributed by atoms with Crippen molar-refractivity contribution in [3.05, 3.63) is 11.1 Å². The van der Waals surface area contributed by atoms with Crippen molar-refractivity contribution in [3.63, 3.8) is 0 Å². The lowest BCUT2D eigenvalue weighted by atomic mass is 10.2. The van der Waals surface area contributed by atoms with Crippen LogP contribution in [0.25, 0.3) is 0 Å². The first-order chi connectivity index (χ1) is 6.40. The molecule has 2 atom stereocenters. The second-order valence-electron chi connectivity index (χ2n) is 3.31. The molecule has 0 bridgehead atoms. The molecule has 78 valence electrons. The van der Waals surface area contributed by atoms with Crippen LogP contribution in [0.2, 0.25) is 0 Å². The Hall–Kier alpha value is 0.1000. The summed E-state index contributed by atoms with van der Waals surface area (Å²) in [6.45, 7) is 1.55. The van der Waals surface area contributed by atoms with Gasteiger partial charge in [-0.15, -0.1) is 24.0 Å². The van der Waals surface area contributed by atoms with E-state index in [9.17, 15) is 0 Å². The lowest BCUT2D eigenvalue weighted by Gasteiger charge is -2.22. The highest BCUT2D eigenvalue weighted by Crippen LogP contribution is 2.37. The van der Waals surface area contributed by atoms with Crippen LogP contribution < -0.4 is 0 Å². The zero-order chi connectivity index (χ0) is 8.84. The molecule has 3 heterocycles. The number of rotatable bonds is 1. The maximum atomic E-state index is 5.85. The monoisotopic (exact) mass is 252 g/mol. The number of hydrogen-bond acceptors (Lipinski definition) is 4. The van der Waals surface area contributed by atoms with Crippen LogP contribution in [-0.4, -0.2) is 41.2 Å². The summed E-state index contributed by atoms with van der Waals surface area (Å²) >= 11 is 7.52. The molecule has 0 amide bonds. The van der Waals surface area contributed by atoms with Crippen molar-refractivity contribution in [1.29, 1.82) is 0 Å². The van der Waals surface area contributed by atoms with Crippen molar-refractivity contribution in [2.24, 2.45) is 4.99 Å². The van der Waals surface area contributed by atoms with Gasteiger partial charge in [-0.1, -0.05) is 11.8 Å². The van der Waals surface area contributed by atoms with Crippen LogP contribution in [0.4, 0.5) is 0 Å². The number of amidine groups is 1. The second kappa shape index (κ2) is 3.93. The minimum absolute atomic E-state index is 0. The third-order valence-electron chi connectivity index (χ3n) is 2.58. The average molecular weight is 253 g/mol. The first kappa shape index (κ1) is 10.6. The summed E-state index contributed by atoms with van der Waals surface area (Å²) in [4.78, 5) is 6.81. The van der Waals surface area contributed by atoms with Gasteiger partial charge < -0.3 is 9.64 Å². The molecule has 1 fully saturated rings. The molecule has 0 aromatic heterocycles. The predicted octanol–water partition coefficient (Wildman–Crippen LogP) is 1.67. The largest absolute Gasteiger partial charge is 0.377 e. The van der Waals surface area contributed by atoms with Gasteiger partial charge in [-0.05, 0) is 5.41 Å². The Morgan fingerprint density at radius 2 is 2.50 bits per heavy atom. The topological polar surface area (TPSA) is 24.8 Å². The number of thioether (sulfide) groups is 1. The van der Waals surface area contributed by atoms with Gasteiger partial charge in [0.05, 0.1) is 31.2 Å². The highest BCUT2D eigenvalue weighted by Gasteiger charge is 2.43. The van der Waals surface area contributed by atoms with Crippen molar-refractivity contribution in [1.82, 2.24) is 4.90 Å². The molecule has 0 aromatic rings. The molecule has 3 nitrogen and oxygen atoms in total. The molecular formula is C8H10Cl2N2OS. The van der Waals surface area contributed by atoms with Crippen molar-refractivity contribution in [2.75, 3.05) is 19.1 Å². The number of halogens is 2. The smallest absolute Gasteiger partial charge is 0.168 e. The van der Waals surface area contributed by atoms with Gasteiger partial charge in [0.1, 0.15) is 0 Å². The fourth-order valence-corrected chi connectivity index (χ4v) is 3.24. The fourth-order valence-electron chi connectivity index (χ4n) is 1.94. The predicted molar refractivity (Wildman–Crippen MR) is 61.3 cm³/mol. The number of fused-ring (bicyclic) bond motifs is 3. The van der Waals surface area contributed by atoms with E-state index in [0.29, 0.717) is 18.0 Å². The van der Waals surface area contributed by atoms with Gasteiger partial charge in [0.2, 0.25) is 0 Å². The molecule has 14 heavy (non-hydrogen) atoms. The summed E-state index contributed by atoms with van der Waals surface area (Å²) in [5, 5.41) is 3.19. The van der Waals surface area contributed by atoms with E-state index in [1.165, 1.54) is 5.70 Å². The maximum Gasteiger partial charge on any atom is 0.168 e. The number of alkyl halides is 1. The van der Waals surface area contributed by atoms with E-state index in [2.05, 4.69) is 15.3 Å². The van der Waals surface area contributed by atoms with Gasteiger partial charge in [-0.2, -0.15) is 0 Å². The lowest BCUT2D eigenvalue weighted by molar-refractivity contribution is 0.178. The molecule has 1 saturated heterocycles. The molecule has 0 saturated carbocycles. The standard InChI is InChI=1S/C8H9ClN2OS.ClH/c9-1-5-4-13-8-10-6-2-12-3-7(6)11(5)8;/h4,6-7H,1-3H2;1H/t6?,7-;/m0./s1. The quantitative estimate of drug-likeness (QED) is 0.664. The van der Waals surface area contributed by atoms with Crippen LogP contribution in [0.5, 0.6) is 0 Å². The lowest BCUT2D eigenvalue weighted by Crippen LogP contribution is -2.36. The summed E-state index contributed by atoms with van der Waals surface area (Å²) in [6, 6.07) is 0.754. The molecule has 3 aliphatic rings. The number of hydrogen-bond donors (Lipinski definition) is 0. The van der Waals surface area contributed by atoms with E-state index in [-0.39, 0.29) is 12.4 Å². The number of nitrogens with zero attached hydrogens (tertiary/aromatic N) is 2. The molecule has 0 aromatic carbocycles. The molecule has 1 unspecified atom stereocenters. The van der Waals surface area contributed by atoms with Crippen molar-refractivity contribution in [3.8, 4) is 0 Å². The van der Waals surface area contributed by atoms with Gasteiger partial charge in [0.15, 0.2) is 5.17 Å². The third kappa shape index (κ3) is 1.36. The Labute approximate surface area is 97.9 Å². The fraction of sp³-hybridized carbons (Fsp3) is 0.625. The van der Waals surface area contributed by atoms with E-state index < -0.39 is 0 Å². The highest BCUT2D eigenvalue weighted by atomic mass is 35.5. The average Bonchev–Trinajstić information content (AvgIpc) is 2.72.